The first kappa shape index (κ1) is 12.0. The van der Waals surface area contributed by atoms with Crippen LogP contribution in [-0.4, -0.2) is 9.97 Å². The SMILES string of the molecule is Fc1cc(-c2ccc(Cl)c(Br)n2)cnc1Br. The molecule has 2 heterocycles. The molecule has 2 rings (SSSR count). The smallest absolute Gasteiger partial charge is 0.156 e. The van der Waals surface area contributed by atoms with Crippen LogP contribution >= 0.6 is 43.5 Å². The second kappa shape index (κ2) is 4.77. The molecule has 0 amide bonds. The fourth-order valence-electron chi connectivity index (χ4n) is 1.14. The summed E-state index contributed by atoms with van der Waals surface area (Å²) in [7, 11) is 0. The molecular weight excluding hydrogens is 362 g/mol. The molecule has 0 fully saturated rings. The van der Waals surface area contributed by atoms with Crippen LogP contribution < -0.4 is 0 Å². The Morgan fingerprint density at radius 1 is 1.19 bits per heavy atom. The van der Waals surface area contributed by atoms with Crippen LogP contribution in [0.2, 0.25) is 5.02 Å². The molecule has 0 radical (unpaired) electrons. The van der Waals surface area contributed by atoms with E-state index in [-0.39, 0.29) is 4.60 Å². The van der Waals surface area contributed by atoms with Crippen molar-refractivity contribution in [2.24, 2.45) is 0 Å². The van der Waals surface area contributed by atoms with Crippen LogP contribution in [0.25, 0.3) is 11.3 Å². The summed E-state index contributed by atoms with van der Waals surface area (Å²) < 4.78 is 14.0. The lowest BCUT2D eigenvalue weighted by molar-refractivity contribution is 0.613. The van der Waals surface area contributed by atoms with Crippen LogP contribution in [-0.2, 0) is 0 Å². The third kappa shape index (κ3) is 2.42. The van der Waals surface area contributed by atoms with Gasteiger partial charge in [-0.1, -0.05) is 11.6 Å². The summed E-state index contributed by atoms with van der Waals surface area (Å²) >= 11 is 12.0. The number of halogens is 4. The predicted octanol–water partition coefficient (Wildman–Crippen LogP) is 4.46. The number of pyridine rings is 2. The Kier molecular flexibility index (Phi) is 3.56. The van der Waals surface area contributed by atoms with Crippen LogP contribution in [0.5, 0.6) is 0 Å². The summed E-state index contributed by atoms with van der Waals surface area (Å²) in [6, 6.07) is 4.76. The Hall–Kier alpha value is -0.520. The van der Waals surface area contributed by atoms with E-state index in [4.69, 9.17) is 11.6 Å². The highest BCUT2D eigenvalue weighted by Crippen LogP contribution is 2.26. The minimum atomic E-state index is -0.426. The lowest BCUT2D eigenvalue weighted by atomic mass is 10.2. The van der Waals surface area contributed by atoms with Gasteiger partial charge in [0.1, 0.15) is 9.21 Å². The number of hydrogen-bond donors (Lipinski definition) is 0. The molecule has 0 bridgehead atoms. The fraction of sp³-hybridized carbons (Fsp3) is 0. The molecule has 0 unspecified atom stereocenters. The molecule has 6 heteroatoms. The lowest BCUT2D eigenvalue weighted by Gasteiger charge is -2.03. The summed E-state index contributed by atoms with van der Waals surface area (Å²) in [5, 5.41) is 0.509. The van der Waals surface area contributed by atoms with E-state index in [0.29, 0.717) is 20.9 Å². The Labute approximate surface area is 113 Å². The summed E-state index contributed by atoms with van der Waals surface area (Å²) in [6.45, 7) is 0. The summed E-state index contributed by atoms with van der Waals surface area (Å²) in [5.74, 6) is -0.426. The quantitative estimate of drug-likeness (QED) is 0.697. The van der Waals surface area contributed by atoms with E-state index in [1.54, 1.807) is 12.1 Å². The summed E-state index contributed by atoms with van der Waals surface area (Å²) in [4.78, 5) is 8.04. The van der Waals surface area contributed by atoms with Gasteiger partial charge in [0, 0.05) is 11.8 Å². The van der Waals surface area contributed by atoms with Crippen LogP contribution in [0.15, 0.2) is 33.6 Å². The van der Waals surface area contributed by atoms with Gasteiger partial charge in [0.2, 0.25) is 0 Å². The second-order valence-corrected chi connectivity index (χ2v) is 4.88. The topological polar surface area (TPSA) is 25.8 Å². The Morgan fingerprint density at radius 2 is 1.94 bits per heavy atom. The standard InChI is InChI=1S/C10H4Br2ClFN2/c11-9-6(13)1-2-8(16-9)5-3-7(14)10(12)15-4-5/h1-4H. The third-order valence-electron chi connectivity index (χ3n) is 1.90. The van der Waals surface area contributed by atoms with Crippen molar-refractivity contribution in [3.8, 4) is 11.3 Å². The van der Waals surface area contributed by atoms with Gasteiger partial charge in [-0.15, -0.1) is 0 Å². The van der Waals surface area contributed by atoms with Gasteiger partial charge in [-0.25, -0.2) is 14.4 Å². The largest absolute Gasteiger partial charge is 0.246 e. The molecule has 16 heavy (non-hydrogen) atoms. The van der Waals surface area contributed by atoms with Gasteiger partial charge in [-0.3, -0.25) is 0 Å². The van der Waals surface area contributed by atoms with Crippen molar-refractivity contribution in [2.45, 2.75) is 0 Å². The molecule has 0 saturated heterocycles. The first-order chi connectivity index (χ1) is 7.58. The van der Waals surface area contributed by atoms with E-state index in [1.165, 1.54) is 12.3 Å². The highest BCUT2D eigenvalue weighted by molar-refractivity contribution is 9.10. The van der Waals surface area contributed by atoms with E-state index in [2.05, 4.69) is 41.8 Å². The monoisotopic (exact) mass is 364 g/mol. The van der Waals surface area contributed by atoms with Crippen LogP contribution in [0.3, 0.4) is 0 Å². The molecule has 0 saturated carbocycles. The van der Waals surface area contributed by atoms with Gasteiger partial charge in [-0.05, 0) is 50.1 Å². The second-order valence-electron chi connectivity index (χ2n) is 2.97. The zero-order valence-corrected chi connectivity index (χ0v) is 11.6. The lowest BCUT2D eigenvalue weighted by Crippen LogP contribution is -1.89. The van der Waals surface area contributed by atoms with Crippen LogP contribution in [0.1, 0.15) is 0 Å². The van der Waals surface area contributed by atoms with Crippen molar-refractivity contribution in [3.05, 3.63) is 44.4 Å². The van der Waals surface area contributed by atoms with E-state index >= 15 is 0 Å². The molecular formula is C10H4Br2ClFN2. The van der Waals surface area contributed by atoms with Gasteiger partial charge in [0.25, 0.3) is 0 Å². The summed E-state index contributed by atoms with van der Waals surface area (Å²) in [5.41, 5.74) is 1.20. The molecule has 0 aliphatic heterocycles. The Bertz CT molecular complexity index is 499. The zero-order chi connectivity index (χ0) is 11.7. The van der Waals surface area contributed by atoms with E-state index in [0.717, 1.165) is 0 Å². The minimum Gasteiger partial charge on any atom is -0.246 e. The summed E-state index contributed by atoms with van der Waals surface area (Å²) in [6.07, 6.45) is 1.54. The van der Waals surface area contributed by atoms with Crippen LogP contribution in [0, 0.1) is 5.82 Å². The maximum absolute atomic E-state index is 13.3. The molecule has 0 atom stereocenters. The fourth-order valence-corrected chi connectivity index (χ4v) is 1.78. The average molecular weight is 366 g/mol. The van der Waals surface area contributed by atoms with E-state index in [1.807, 2.05) is 0 Å². The molecule has 82 valence electrons. The third-order valence-corrected chi connectivity index (χ3v) is 3.62. The molecule has 2 nitrogen and oxygen atoms in total. The predicted molar refractivity (Wildman–Crippen MR) is 67.8 cm³/mol. The number of nitrogens with zero attached hydrogens (tertiary/aromatic N) is 2. The van der Waals surface area contributed by atoms with E-state index < -0.39 is 5.82 Å². The van der Waals surface area contributed by atoms with E-state index in [9.17, 15) is 4.39 Å². The van der Waals surface area contributed by atoms with Gasteiger partial charge in [0.05, 0.1) is 10.7 Å². The normalized spacial score (nSPS) is 10.5. The molecule has 0 aliphatic rings. The maximum atomic E-state index is 13.3. The first-order valence-electron chi connectivity index (χ1n) is 4.21. The van der Waals surface area contributed by atoms with Gasteiger partial charge in [0.15, 0.2) is 5.82 Å². The van der Waals surface area contributed by atoms with Crippen molar-refractivity contribution in [3.63, 3.8) is 0 Å². The van der Waals surface area contributed by atoms with Crippen molar-refractivity contribution in [1.29, 1.82) is 0 Å². The molecule has 0 N–H and O–H groups in total. The first-order valence-corrected chi connectivity index (χ1v) is 6.18. The zero-order valence-electron chi connectivity index (χ0n) is 7.72. The molecule has 0 aliphatic carbocycles. The van der Waals surface area contributed by atoms with Crippen LogP contribution in [0.4, 0.5) is 4.39 Å². The van der Waals surface area contributed by atoms with Gasteiger partial charge in [-0.2, -0.15) is 0 Å². The molecule has 0 aromatic carbocycles. The molecule has 0 spiro atoms. The number of rotatable bonds is 1. The van der Waals surface area contributed by atoms with Crippen molar-refractivity contribution in [1.82, 2.24) is 9.97 Å². The maximum Gasteiger partial charge on any atom is 0.156 e. The van der Waals surface area contributed by atoms with Crippen molar-refractivity contribution < 1.29 is 4.39 Å². The molecule has 2 aromatic heterocycles. The highest BCUT2D eigenvalue weighted by atomic mass is 79.9. The number of hydrogen-bond acceptors (Lipinski definition) is 2. The molecule has 2 aromatic rings. The Morgan fingerprint density at radius 3 is 2.56 bits per heavy atom. The van der Waals surface area contributed by atoms with Crippen molar-refractivity contribution in [2.75, 3.05) is 0 Å². The van der Waals surface area contributed by atoms with Gasteiger partial charge < -0.3 is 0 Å². The Balaban J connectivity index is 2.50. The van der Waals surface area contributed by atoms with Gasteiger partial charge >= 0.3 is 0 Å². The average Bonchev–Trinajstić information content (AvgIpc) is 2.26. The van der Waals surface area contributed by atoms with Crippen molar-refractivity contribution >= 4 is 43.5 Å². The highest BCUT2D eigenvalue weighted by Gasteiger charge is 2.07. The number of aromatic nitrogens is 2. The minimum absolute atomic E-state index is 0.185.